The highest BCUT2D eigenvalue weighted by molar-refractivity contribution is 7.09. The number of urea groups is 1. The minimum absolute atomic E-state index is 0.0630. The number of nitro groups is 1. The predicted molar refractivity (Wildman–Crippen MR) is 93.2 cm³/mol. The lowest BCUT2D eigenvalue weighted by Gasteiger charge is -2.12. The third kappa shape index (κ3) is 5.02. The van der Waals surface area contributed by atoms with Crippen LogP contribution in [0.25, 0.3) is 0 Å². The molecule has 0 radical (unpaired) electrons. The molecule has 1 atom stereocenters. The third-order valence-electron chi connectivity index (χ3n) is 3.51. The van der Waals surface area contributed by atoms with Gasteiger partial charge in [0.2, 0.25) is 0 Å². The Balaban J connectivity index is 1.75. The normalized spacial score (nSPS) is 11.8. The average Bonchev–Trinajstić information content (AvgIpc) is 3.04. The fourth-order valence-corrected chi connectivity index (χ4v) is 2.95. The van der Waals surface area contributed by atoms with E-state index in [1.165, 1.54) is 12.1 Å². The molecule has 0 bridgehead atoms. The third-order valence-corrected chi connectivity index (χ3v) is 4.52. The molecule has 0 spiro atoms. The van der Waals surface area contributed by atoms with Crippen LogP contribution < -0.4 is 10.6 Å². The zero-order chi connectivity index (χ0) is 17.5. The van der Waals surface area contributed by atoms with Crippen LogP contribution in [0.3, 0.4) is 0 Å². The summed E-state index contributed by atoms with van der Waals surface area (Å²) >= 11 is 1.59. The number of hydrogen-bond acceptors (Lipinski definition) is 5. The topological polar surface area (TPSA) is 97.2 Å². The van der Waals surface area contributed by atoms with Crippen LogP contribution in [-0.2, 0) is 12.8 Å². The molecule has 1 aromatic heterocycles. The number of thiazole rings is 1. The molecule has 0 saturated heterocycles. The van der Waals surface area contributed by atoms with Crippen molar-refractivity contribution in [2.45, 2.75) is 32.7 Å². The first-order chi connectivity index (χ1) is 11.5. The van der Waals surface area contributed by atoms with Gasteiger partial charge in [-0.25, -0.2) is 9.78 Å². The first-order valence-corrected chi connectivity index (χ1v) is 8.59. The van der Waals surface area contributed by atoms with Gasteiger partial charge in [0, 0.05) is 24.1 Å². The smallest absolute Gasteiger partial charge is 0.315 e. The summed E-state index contributed by atoms with van der Waals surface area (Å²) in [5, 5.41) is 19.2. The molecule has 1 heterocycles. The van der Waals surface area contributed by atoms with E-state index in [4.69, 9.17) is 0 Å². The second kappa shape index (κ2) is 8.39. The molecule has 2 N–H and O–H groups in total. The fourth-order valence-electron chi connectivity index (χ4n) is 2.11. The molecule has 1 unspecified atom stereocenters. The van der Waals surface area contributed by atoms with Gasteiger partial charge in [0.15, 0.2) is 0 Å². The van der Waals surface area contributed by atoms with E-state index in [-0.39, 0.29) is 17.8 Å². The number of amides is 2. The van der Waals surface area contributed by atoms with Crippen LogP contribution in [0.5, 0.6) is 0 Å². The molecule has 24 heavy (non-hydrogen) atoms. The van der Waals surface area contributed by atoms with Gasteiger partial charge in [0.1, 0.15) is 0 Å². The Morgan fingerprint density at radius 2 is 2.08 bits per heavy atom. The molecule has 128 valence electrons. The van der Waals surface area contributed by atoms with E-state index < -0.39 is 4.92 Å². The highest BCUT2D eigenvalue weighted by atomic mass is 32.1. The van der Waals surface area contributed by atoms with E-state index in [2.05, 4.69) is 15.6 Å². The van der Waals surface area contributed by atoms with Crippen LogP contribution in [0, 0.1) is 10.1 Å². The number of carbonyl (C=O) groups is 1. The maximum atomic E-state index is 11.9. The molecular formula is C16H20N4O3S. The van der Waals surface area contributed by atoms with Crippen LogP contribution in [0.2, 0.25) is 0 Å². The summed E-state index contributed by atoms with van der Waals surface area (Å²) in [6, 6.07) is 5.91. The van der Waals surface area contributed by atoms with Crippen molar-refractivity contribution in [1.29, 1.82) is 0 Å². The maximum absolute atomic E-state index is 11.9. The maximum Gasteiger partial charge on any atom is 0.315 e. The van der Waals surface area contributed by atoms with E-state index in [1.807, 2.05) is 19.2 Å². The van der Waals surface area contributed by atoms with Crippen molar-refractivity contribution in [2.75, 3.05) is 6.54 Å². The molecule has 7 nitrogen and oxygen atoms in total. The van der Waals surface area contributed by atoms with Gasteiger partial charge in [-0.15, -0.1) is 11.3 Å². The summed E-state index contributed by atoms with van der Waals surface area (Å²) in [5.41, 5.74) is 1.86. The highest BCUT2D eigenvalue weighted by Gasteiger charge is 2.12. The lowest BCUT2D eigenvalue weighted by Crippen LogP contribution is -2.38. The van der Waals surface area contributed by atoms with Gasteiger partial charge < -0.3 is 10.6 Å². The van der Waals surface area contributed by atoms with E-state index in [0.717, 1.165) is 22.7 Å². The quantitative estimate of drug-likeness (QED) is 0.593. The second-order valence-electron chi connectivity index (χ2n) is 5.32. The Labute approximate surface area is 144 Å². The molecule has 0 aliphatic rings. The largest absolute Gasteiger partial charge is 0.338 e. The molecule has 0 aliphatic carbocycles. The van der Waals surface area contributed by atoms with Crippen molar-refractivity contribution >= 4 is 23.1 Å². The number of aromatic nitrogens is 1. The summed E-state index contributed by atoms with van der Waals surface area (Å²) in [7, 11) is 0. The lowest BCUT2D eigenvalue weighted by molar-refractivity contribution is -0.384. The van der Waals surface area contributed by atoms with Crippen molar-refractivity contribution < 1.29 is 9.72 Å². The van der Waals surface area contributed by atoms with Gasteiger partial charge in [-0.3, -0.25) is 10.1 Å². The molecule has 1 aromatic carbocycles. The number of aryl methyl sites for hydroxylation is 1. The Morgan fingerprint density at radius 1 is 1.38 bits per heavy atom. The van der Waals surface area contributed by atoms with Gasteiger partial charge in [0.05, 0.1) is 21.7 Å². The van der Waals surface area contributed by atoms with Gasteiger partial charge in [-0.2, -0.15) is 0 Å². The van der Waals surface area contributed by atoms with Crippen molar-refractivity contribution in [3.63, 3.8) is 0 Å². The van der Waals surface area contributed by atoms with Gasteiger partial charge in [-0.1, -0.05) is 19.1 Å². The number of hydrogen-bond donors (Lipinski definition) is 2. The monoisotopic (exact) mass is 348 g/mol. The Bertz CT molecular complexity index is 700. The predicted octanol–water partition coefficient (Wildman–Crippen LogP) is 3.22. The van der Waals surface area contributed by atoms with E-state index in [9.17, 15) is 14.9 Å². The number of rotatable bonds is 7. The zero-order valence-corrected chi connectivity index (χ0v) is 14.4. The Morgan fingerprint density at radius 3 is 2.67 bits per heavy atom. The van der Waals surface area contributed by atoms with E-state index in [0.29, 0.717) is 13.0 Å². The summed E-state index contributed by atoms with van der Waals surface area (Å²) < 4.78 is 0. The number of nitrogens with one attached hydrogen (secondary N) is 2. The zero-order valence-electron chi connectivity index (χ0n) is 13.6. The van der Waals surface area contributed by atoms with Crippen molar-refractivity contribution in [3.8, 4) is 0 Å². The molecule has 2 aromatic rings. The Kier molecular flexibility index (Phi) is 6.25. The standard InChI is InChI=1S/C16H20N4O3S/c1-3-15-19-14(10-24-15)11(2)18-16(21)17-9-8-12-4-6-13(7-5-12)20(22)23/h4-7,10-11H,3,8-9H2,1-2H3,(H2,17,18,21). The van der Waals surface area contributed by atoms with Gasteiger partial charge in [0.25, 0.3) is 5.69 Å². The van der Waals surface area contributed by atoms with Crippen LogP contribution in [0.15, 0.2) is 29.6 Å². The first kappa shape index (κ1) is 17.9. The Hall–Kier alpha value is -2.48. The van der Waals surface area contributed by atoms with Crippen molar-refractivity contribution in [3.05, 3.63) is 56.0 Å². The molecule has 0 aliphatic heterocycles. The number of benzene rings is 1. The van der Waals surface area contributed by atoms with Crippen LogP contribution >= 0.6 is 11.3 Å². The van der Waals surface area contributed by atoms with Gasteiger partial charge in [-0.05, 0) is 25.3 Å². The summed E-state index contributed by atoms with van der Waals surface area (Å²) in [4.78, 5) is 26.5. The number of non-ortho nitro benzene ring substituents is 1. The minimum atomic E-state index is -0.431. The van der Waals surface area contributed by atoms with Crippen molar-refractivity contribution in [1.82, 2.24) is 15.6 Å². The molecule has 2 rings (SSSR count). The first-order valence-electron chi connectivity index (χ1n) is 7.71. The summed E-state index contributed by atoms with van der Waals surface area (Å²) in [6.07, 6.45) is 1.50. The van der Waals surface area contributed by atoms with Crippen LogP contribution in [0.4, 0.5) is 10.5 Å². The highest BCUT2D eigenvalue weighted by Crippen LogP contribution is 2.16. The van der Waals surface area contributed by atoms with E-state index >= 15 is 0 Å². The molecular weight excluding hydrogens is 328 g/mol. The van der Waals surface area contributed by atoms with Crippen molar-refractivity contribution in [2.24, 2.45) is 0 Å². The molecule has 0 fully saturated rings. The van der Waals surface area contributed by atoms with Crippen LogP contribution in [0.1, 0.15) is 36.2 Å². The fraction of sp³-hybridized carbons (Fsp3) is 0.375. The second-order valence-corrected chi connectivity index (χ2v) is 6.26. The summed E-state index contributed by atoms with van der Waals surface area (Å²) in [5.74, 6) is 0. The lowest BCUT2D eigenvalue weighted by atomic mass is 10.1. The summed E-state index contributed by atoms with van der Waals surface area (Å²) in [6.45, 7) is 4.39. The average molecular weight is 348 g/mol. The van der Waals surface area contributed by atoms with Crippen LogP contribution in [-0.4, -0.2) is 22.5 Å². The molecule has 2 amide bonds. The number of nitrogens with zero attached hydrogens (tertiary/aromatic N) is 2. The number of carbonyl (C=O) groups excluding carboxylic acids is 1. The van der Waals surface area contributed by atoms with E-state index in [1.54, 1.807) is 23.5 Å². The van der Waals surface area contributed by atoms with Gasteiger partial charge >= 0.3 is 6.03 Å². The number of nitro benzene ring substituents is 1. The SMILES string of the molecule is CCc1nc(C(C)NC(=O)NCCc2ccc([N+](=O)[O-])cc2)cs1. The molecule has 8 heteroatoms. The molecule has 0 saturated carbocycles. The minimum Gasteiger partial charge on any atom is -0.338 e.